The zero-order valence-electron chi connectivity index (χ0n) is 9.88. The van der Waals surface area contributed by atoms with Crippen molar-refractivity contribution in [3.05, 3.63) is 0 Å². The highest BCUT2D eigenvalue weighted by molar-refractivity contribution is 6.56. The minimum Gasteiger partial charge on any atom is -0.431 e. The molecule has 14 heavy (non-hydrogen) atoms. The van der Waals surface area contributed by atoms with Gasteiger partial charge in [0.2, 0.25) is 0 Å². The molecule has 80 valence electrons. The van der Waals surface area contributed by atoms with Crippen molar-refractivity contribution in [3.63, 3.8) is 0 Å². The van der Waals surface area contributed by atoms with Crippen LogP contribution in [0.4, 0.5) is 0 Å². The van der Waals surface area contributed by atoms with Crippen molar-refractivity contribution in [1.29, 1.82) is 0 Å². The van der Waals surface area contributed by atoms with Gasteiger partial charge in [-0.25, -0.2) is 0 Å². The molecule has 2 heterocycles. The fourth-order valence-corrected chi connectivity index (χ4v) is 3.22. The lowest BCUT2D eigenvalue weighted by Crippen LogP contribution is -2.42. The zero-order valence-corrected chi connectivity index (χ0v) is 9.88. The Kier molecular flexibility index (Phi) is 2.92. The van der Waals surface area contributed by atoms with E-state index in [1.54, 1.807) is 0 Å². The number of hydrogen-bond acceptors (Lipinski definition) is 1. The van der Waals surface area contributed by atoms with E-state index in [9.17, 15) is 0 Å². The smallest absolute Gasteiger partial charge is 0.300 e. The summed E-state index contributed by atoms with van der Waals surface area (Å²) in [6.45, 7) is 7.16. The summed E-state index contributed by atoms with van der Waals surface area (Å²) in [5.41, 5.74) is 0.0514. The molecule has 1 nitrogen and oxygen atoms in total. The minimum atomic E-state index is 0.0514. The van der Waals surface area contributed by atoms with Gasteiger partial charge in [0.05, 0.1) is 0 Å². The highest BCUT2D eigenvalue weighted by Gasteiger charge is 2.42. The maximum Gasteiger partial charge on any atom is 0.300 e. The molecule has 2 fully saturated rings. The molecule has 0 aromatic carbocycles. The van der Waals surface area contributed by atoms with Gasteiger partial charge in [-0.3, -0.25) is 0 Å². The summed E-state index contributed by atoms with van der Waals surface area (Å²) in [7, 11) is 0. The SMILES string of the molecule is CC(C)(C)OB1C2CCCC1CCC2. The third-order valence-electron chi connectivity index (χ3n) is 3.72. The third kappa shape index (κ3) is 2.33. The molecule has 0 spiro atoms. The van der Waals surface area contributed by atoms with E-state index in [-0.39, 0.29) is 5.60 Å². The fourth-order valence-electron chi connectivity index (χ4n) is 3.22. The second-order valence-corrected chi connectivity index (χ2v) is 6.08. The van der Waals surface area contributed by atoms with E-state index < -0.39 is 0 Å². The predicted octanol–water partition coefficient (Wildman–Crippen LogP) is 3.90. The zero-order chi connectivity index (χ0) is 10.2. The Labute approximate surface area is 88.7 Å². The Morgan fingerprint density at radius 1 is 0.929 bits per heavy atom. The molecule has 2 aliphatic rings. The van der Waals surface area contributed by atoms with Crippen LogP contribution in [0.3, 0.4) is 0 Å². The predicted molar refractivity (Wildman–Crippen MR) is 61.8 cm³/mol. The molecule has 0 unspecified atom stereocenters. The Bertz CT molecular complexity index is 175. The van der Waals surface area contributed by atoms with Crippen LogP contribution in [0.5, 0.6) is 0 Å². The molecule has 0 radical (unpaired) electrons. The summed E-state index contributed by atoms with van der Waals surface area (Å²) in [6, 6.07) is 0. The van der Waals surface area contributed by atoms with E-state index in [0.717, 1.165) is 11.6 Å². The van der Waals surface area contributed by atoms with Crippen molar-refractivity contribution < 1.29 is 4.65 Å². The van der Waals surface area contributed by atoms with Crippen molar-refractivity contribution in [2.45, 2.75) is 76.5 Å². The van der Waals surface area contributed by atoms with Crippen LogP contribution >= 0.6 is 0 Å². The normalized spacial score (nSPS) is 33.2. The standard InChI is InChI=1S/C12H23BO/c1-12(2,3)14-13-10-6-4-7-11(13)9-5-8-10/h10-11H,4-9H2,1-3H3. The lowest BCUT2D eigenvalue weighted by Gasteiger charge is -2.42. The molecular weight excluding hydrogens is 171 g/mol. The van der Waals surface area contributed by atoms with Crippen LogP contribution < -0.4 is 0 Å². The summed E-state index contributed by atoms with van der Waals surface area (Å²) in [6.07, 6.45) is 8.54. The van der Waals surface area contributed by atoms with E-state index in [1.165, 1.54) is 38.5 Å². The highest BCUT2D eigenvalue weighted by Crippen LogP contribution is 2.47. The quantitative estimate of drug-likeness (QED) is 0.575. The van der Waals surface area contributed by atoms with E-state index in [2.05, 4.69) is 20.8 Å². The van der Waals surface area contributed by atoms with Gasteiger partial charge in [0, 0.05) is 5.60 Å². The van der Waals surface area contributed by atoms with Crippen molar-refractivity contribution in [1.82, 2.24) is 0 Å². The number of rotatable bonds is 1. The maximum atomic E-state index is 6.25. The van der Waals surface area contributed by atoms with Gasteiger partial charge in [0.15, 0.2) is 0 Å². The second kappa shape index (κ2) is 3.88. The van der Waals surface area contributed by atoms with Crippen LogP contribution in [0.25, 0.3) is 0 Å². The summed E-state index contributed by atoms with van der Waals surface area (Å²) < 4.78 is 6.25. The summed E-state index contributed by atoms with van der Waals surface area (Å²) in [5.74, 6) is 1.75. The molecule has 0 aliphatic carbocycles. The Balaban J connectivity index is 2.01. The van der Waals surface area contributed by atoms with Crippen molar-refractivity contribution in [3.8, 4) is 0 Å². The molecule has 0 amide bonds. The van der Waals surface area contributed by atoms with Crippen LogP contribution in [0.1, 0.15) is 59.3 Å². The largest absolute Gasteiger partial charge is 0.431 e. The van der Waals surface area contributed by atoms with Crippen molar-refractivity contribution >= 4 is 6.92 Å². The van der Waals surface area contributed by atoms with Gasteiger partial charge in [-0.15, -0.1) is 0 Å². The average Bonchev–Trinajstić information content (AvgIpc) is 1.99. The molecule has 0 aromatic heterocycles. The Morgan fingerprint density at radius 2 is 1.36 bits per heavy atom. The fraction of sp³-hybridized carbons (Fsp3) is 1.00. The number of hydrogen-bond donors (Lipinski definition) is 0. The van der Waals surface area contributed by atoms with Gasteiger partial charge in [0.1, 0.15) is 0 Å². The van der Waals surface area contributed by atoms with E-state index >= 15 is 0 Å². The molecule has 0 N–H and O–H groups in total. The highest BCUT2D eigenvalue weighted by atomic mass is 16.5. The molecule has 2 bridgehead atoms. The van der Waals surface area contributed by atoms with Crippen molar-refractivity contribution in [2.24, 2.45) is 0 Å². The van der Waals surface area contributed by atoms with E-state index in [0.29, 0.717) is 6.92 Å². The molecular formula is C12H23BO. The van der Waals surface area contributed by atoms with Crippen LogP contribution in [0, 0.1) is 0 Å². The first-order valence-corrected chi connectivity index (χ1v) is 6.24. The summed E-state index contributed by atoms with van der Waals surface area (Å²) >= 11 is 0. The van der Waals surface area contributed by atoms with Gasteiger partial charge >= 0.3 is 0 Å². The first kappa shape index (κ1) is 10.5. The molecule has 2 rings (SSSR count). The molecule has 0 atom stereocenters. The first-order valence-electron chi connectivity index (χ1n) is 6.24. The lowest BCUT2D eigenvalue weighted by molar-refractivity contribution is 0.111. The topological polar surface area (TPSA) is 9.23 Å². The van der Waals surface area contributed by atoms with Crippen LogP contribution in [-0.2, 0) is 4.65 Å². The van der Waals surface area contributed by atoms with Crippen LogP contribution in [0.2, 0.25) is 11.6 Å². The van der Waals surface area contributed by atoms with Gasteiger partial charge in [-0.1, -0.05) is 38.5 Å². The average molecular weight is 194 g/mol. The summed E-state index contributed by atoms with van der Waals surface area (Å²) in [5, 5.41) is 0. The molecule has 2 aliphatic heterocycles. The Morgan fingerprint density at radius 3 is 1.71 bits per heavy atom. The van der Waals surface area contributed by atoms with Gasteiger partial charge in [-0.05, 0) is 32.4 Å². The number of fused-ring (bicyclic) bond motifs is 2. The van der Waals surface area contributed by atoms with Crippen molar-refractivity contribution in [2.75, 3.05) is 0 Å². The third-order valence-corrected chi connectivity index (χ3v) is 3.72. The van der Waals surface area contributed by atoms with Gasteiger partial charge in [-0.2, -0.15) is 0 Å². The lowest BCUT2D eigenvalue weighted by atomic mass is 9.37. The van der Waals surface area contributed by atoms with Gasteiger partial charge < -0.3 is 4.65 Å². The monoisotopic (exact) mass is 194 g/mol. The molecule has 0 aromatic rings. The maximum absolute atomic E-state index is 6.25. The molecule has 2 saturated heterocycles. The molecule has 2 heteroatoms. The first-order chi connectivity index (χ1) is 6.56. The van der Waals surface area contributed by atoms with Crippen LogP contribution in [-0.4, -0.2) is 12.5 Å². The van der Waals surface area contributed by atoms with E-state index in [1.807, 2.05) is 0 Å². The minimum absolute atomic E-state index is 0.0514. The summed E-state index contributed by atoms with van der Waals surface area (Å²) in [4.78, 5) is 0. The van der Waals surface area contributed by atoms with E-state index in [4.69, 9.17) is 4.65 Å². The molecule has 0 saturated carbocycles. The Hall–Kier alpha value is 0.0249. The van der Waals surface area contributed by atoms with Gasteiger partial charge in [0.25, 0.3) is 6.92 Å². The van der Waals surface area contributed by atoms with Crippen LogP contribution in [0.15, 0.2) is 0 Å². The second-order valence-electron chi connectivity index (χ2n) is 6.08.